The third kappa shape index (κ3) is 4.12. The van der Waals surface area contributed by atoms with Crippen LogP contribution in [-0.4, -0.2) is 15.3 Å². The Balaban J connectivity index is 1.62. The van der Waals surface area contributed by atoms with Gasteiger partial charge in [0, 0.05) is 0 Å². The van der Waals surface area contributed by atoms with E-state index in [2.05, 4.69) is 49.4 Å². The van der Waals surface area contributed by atoms with Crippen LogP contribution in [0, 0.1) is 5.92 Å². The molecule has 0 bridgehead atoms. The van der Waals surface area contributed by atoms with Crippen molar-refractivity contribution in [1.29, 1.82) is 0 Å². The molecule has 2 atom stereocenters. The van der Waals surface area contributed by atoms with E-state index < -0.39 is 6.10 Å². The van der Waals surface area contributed by atoms with Crippen molar-refractivity contribution in [3.05, 3.63) is 71.8 Å². The monoisotopic (exact) mass is 336 g/mol. The predicted molar refractivity (Wildman–Crippen MR) is 101 cm³/mol. The fourth-order valence-corrected chi connectivity index (χ4v) is 3.30. The first-order valence-corrected chi connectivity index (χ1v) is 8.71. The molecule has 0 heterocycles. The van der Waals surface area contributed by atoms with Gasteiger partial charge in [0.05, 0.1) is 6.10 Å². The lowest BCUT2D eigenvalue weighted by Gasteiger charge is -2.17. The molecule has 0 saturated heterocycles. The molecular formula is C22H24O3. The molecule has 3 nitrogen and oxygen atoms in total. The number of rotatable bonds is 6. The molecule has 3 aromatic rings. The first-order valence-electron chi connectivity index (χ1n) is 8.71. The van der Waals surface area contributed by atoms with Gasteiger partial charge in [0.15, 0.2) is 11.5 Å². The minimum absolute atomic E-state index is 0.166. The minimum atomic E-state index is -0.638. The van der Waals surface area contributed by atoms with Crippen molar-refractivity contribution < 1.29 is 15.3 Å². The van der Waals surface area contributed by atoms with Crippen molar-refractivity contribution >= 4 is 10.8 Å². The van der Waals surface area contributed by atoms with E-state index in [1.165, 1.54) is 28.5 Å². The molecule has 0 aliphatic heterocycles. The van der Waals surface area contributed by atoms with Crippen LogP contribution >= 0.6 is 0 Å². The van der Waals surface area contributed by atoms with Gasteiger partial charge in [0.2, 0.25) is 0 Å². The van der Waals surface area contributed by atoms with Crippen molar-refractivity contribution in [2.24, 2.45) is 5.92 Å². The second-order valence-electron chi connectivity index (χ2n) is 6.79. The van der Waals surface area contributed by atoms with Gasteiger partial charge in [0.25, 0.3) is 0 Å². The summed E-state index contributed by atoms with van der Waals surface area (Å²) in [4.78, 5) is 0. The Hall–Kier alpha value is -2.52. The highest BCUT2D eigenvalue weighted by Crippen LogP contribution is 2.30. The fraction of sp³-hybridized carbons (Fsp3) is 0.273. The van der Waals surface area contributed by atoms with E-state index in [1.54, 1.807) is 6.07 Å². The zero-order chi connectivity index (χ0) is 17.8. The molecule has 0 fully saturated rings. The molecule has 3 heteroatoms. The van der Waals surface area contributed by atoms with Gasteiger partial charge in [0.1, 0.15) is 0 Å². The molecule has 0 amide bonds. The van der Waals surface area contributed by atoms with Crippen LogP contribution in [0.5, 0.6) is 11.5 Å². The predicted octanol–water partition coefficient (Wildman–Crippen LogP) is 4.94. The maximum atomic E-state index is 10.3. The quantitative estimate of drug-likeness (QED) is 0.559. The SMILES string of the molecule is CC(CCC(O)c1ccc(O)c(O)c1)Cc1cccc2ccccc12. The standard InChI is InChI=1S/C22H24O3/c1-15(9-11-20(23)18-10-12-21(24)22(25)14-18)13-17-7-4-6-16-5-2-3-8-19(16)17/h2-8,10,12,14-15,20,23-25H,9,11,13H2,1H3. The highest BCUT2D eigenvalue weighted by Gasteiger charge is 2.13. The van der Waals surface area contributed by atoms with Crippen LogP contribution in [0.4, 0.5) is 0 Å². The zero-order valence-corrected chi connectivity index (χ0v) is 14.4. The summed E-state index contributed by atoms with van der Waals surface area (Å²) in [5, 5.41) is 31.8. The average molecular weight is 336 g/mol. The summed E-state index contributed by atoms with van der Waals surface area (Å²) >= 11 is 0. The van der Waals surface area contributed by atoms with Gasteiger partial charge in [-0.1, -0.05) is 55.5 Å². The lowest BCUT2D eigenvalue weighted by atomic mass is 9.91. The van der Waals surface area contributed by atoms with Crippen LogP contribution in [0.25, 0.3) is 10.8 Å². The summed E-state index contributed by atoms with van der Waals surface area (Å²) in [5.41, 5.74) is 1.97. The molecule has 0 aliphatic carbocycles. The molecule has 0 radical (unpaired) electrons. The summed E-state index contributed by atoms with van der Waals surface area (Å²) in [6.45, 7) is 2.20. The fourth-order valence-electron chi connectivity index (χ4n) is 3.30. The molecule has 25 heavy (non-hydrogen) atoms. The van der Waals surface area contributed by atoms with E-state index in [4.69, 9.17) is 0 Å². The Morgan fingerprint density at radius 3 is 2.40 bits per heavy atom. The second-order valence-corrected chi connectivity index (χ2v) is 6.79. The van der Waals surface area contributed by atoms with Crippen LogP contribution in [0.15, 0.2) is 60.7 Å². The zero-order valence-electron chi connectivity index (χ0n) is 14.4. The van der Waals surface area contributed by atoms with Gasteiger partial charge < -0.3 is 15.3 Å². The molecule has 3 rings (SSSR count). The Morgan fingerprint density at radius 2 is 1.60 bits per heavy atom. The van der Waals surface area contributed by atoms with Gasteiger partial charge in [-0.05, 0) is 59.2 Å². The molecule has 0 aliphatic rings. The normalized spacial score (nSPS) is 13.7. The maximum absolute atomic E-state index is 10.3. The topological polar surface area (TPSA) is 60.7 Å². The Labute approximate surface area is 148 Å². The number of phenolic OH excluding ortho intramolecular Hbond substituents is 2. The molecule has 0 spiro atoms. The van der Waals surface area contributed by atoms with Crippen molar-refractivity contribution in [3.63, 3.8) is 0 Å². The number of benzene rings is 3. The van der Waals surface area contributed by atoms with Crippen LogP contribution in [0.2, 0.25) is 0 Å². The molecule has 0 saturated carbocycles. The van der Waals surface area contributed by atoms with Crippen LogP contribution in [0.3, 0.4) is 0 Å². The number of aromatic hydroxyl groups is 2. The van der Waals surface area contributed by atoms with Crippen molar-refractivity contribution in [2.45, 2.75) is 32.3 Å². The van der Waals surface area contributed by atoms with Crippen LogP contribution in [0.1, 0.15) is 37.0 Å². The van der Waals surface area contributed by atoms with Gasteiger partial charge in [-0.25, -0.2) is 0 Å². The van der Waals surface area contributed by atoms with E-state index in [9.17, 15) is 15.3 Å². The number of aliphatic hydroxyl groups excluding tert-OH is 1. The Bertz CT molecular complexity index is 852. The third-order valence-corrected chi connectivity index (χ3v) is 4.77. The highest BCUT2D eigenvalue weighted by atomic mass is 16.3. The molecule has 2 unspecified atom stereocenters. The first kappa shape index (κ1) is 17.3. The average Bonchev–Trinajstić information content (AvgIpc) is 2.62. The van der Waals surface area contributed by atoms with Crippen molar-refractivity contribution in [2.75, 3.05) is 0 Å². The number of phenols is 2. The molecule has 130 valence electrons. The van der Waals surface area contributed by atoms with E-state index in [-0.39, 0.29) is 11.5 Å². The summed E-state index contributed by atoms with van der Waals surface area (Å²) in [6, 6.07) is 19.3. The van der Waals surface area contributed by atoms with Gasteiger partial charge >= 0.3 is 0 Å². The Kier molecular flexibility index (Phi) is 5.25. The highest BCUT2D eigenvalue weighted by molar-refractivity contribution is 5.85. The van der Waals surface area contributed by atoms with Crippen molar-refractivity contribution in [1.82, 2.24) is 0 Å². The summed E-state index contributed by atoms with van der Waals surface area (Å²) in [5.74, 6) is 0.0757. The number of hydrogen-bond donors (Lipinski definition) is 3. The Morgan fingerprint density at radius 1 is 0.840 bits per heavy atom. The maximum Gasteiger partial charge on any atom is 0.157 e. The molecule has 3 N–H and O–H groups in total. The molecular weight excluding hydrogens is 312 g/mol. The van der Waals surface area contributed by atoms with E-state index >= 15 is 0 Å². The summed E-state index contributed by atoms with van der Waals surface area (Å²) < 4.78 is 0. The van der Waals surface area contributed by atoms with Crippen LogP contribution < -0.4 is 0 Å². The largest absolute Gasteiger partial charge is 0.504 e. The lowest BCUT2D eigenvalue weighted by molar-refractivity contribution is 0.157. The summed E-state index contributed by atoms with van der Waals surface area (Å²) in [6.07, 6.45) is 1.83. The third-order valence-electron chi connectivity index (χ3n) is 4.77. The minimum Gasteiger partial charge on any atom is -0.504 e. The lowest BCUT2D eigenvalue weighted by Crippen LogP contribution is -2.05. The van der Waals surface area contributed by atoms with Crippen LogP contribution in [-0.2, 0) is 6.42 Å². The number of aliphatic hydroxyl groups is 1. The van der Waals surface area contributed by atoms with Gasteiger partial charge in [-0.15, -0.1) is 0 Å². The molecule has 3 aromatic carbocycles. The first-order chi connectivity index (χ1) is 12.0. The number of fused-ring (bicyclic) bond motifs is 1. The van der Waals surface area contributed by atoms with E-state index in [1.807, 2.05) is 0 Å². The number of hydrogen-bond acceptors (Lipinski definition) is 3. The second kappa shape index (κ2) is 7.58. The van der Waals surface area contributed by atoms with Crippen molar-refractivity contribution in [3.8, 4) is 11.5 Å². The van der Waals surface area contributed by atoms with E-state index in [0.29, 0.717) is 17.9 Å². The smallest absolute Gasteiger partial charge is 0.157 e. The van der Waals surface area contributed by atoms with Gasteiger partial charge in [-0.2, -0.15) is 0 Å². The summed E-state index contributed by atoms with van der Waals surface area (Å²) in [7, 11) is 0. The van der Waals surface area contributed by atoms with Gasteiger partial charge in [-0.3, -0.25) is 0 Å². The van der Waals surface area contributed by atoms with E-state index in [0.717, 1.165) is 12.8 Å². The molecule has 0 aromatic heterocycles.